The molecule has 2 N–H and O–H groups in total. The van der Waals surface area contributed by atoms with Gasteiger partial charge in [-0.25, -0.2) is 13.1 Å². The fourth-order valence-corrected chi connectivity index (χ4v) is 5.03. The molecule has 2 heterocycles. The van der Waals surface area contributed by atoms with Gasteiger partial charge in [0.1, 0.15) is 15.6 Å². The highest BCUT2D eigenvalue weighted by molar-refractivity contribution is 7.89. The lowest BCUT2D eigenvalue weighted by Crippen LogP contribution is -2.28. The Labute approximate surface area is 175 Å². The first kappa shape index (κ1) is 23.4. The van der Waals surface area contributed by atoms with E-state index in [0.717, 1.165) is 17.8 Å². The van der Waals surface area contributed by atoms with Crippen LogP contribution in [0.1, 0.15) is 68.3 Å². The summed E-state index contributed by atoms with van der Waals surface area (Å²) in [5.74, 6) is -0.111. The van der Waals surface area contributed by atoms with Gasteiger partial charge in [-0.3, -0.25) is 4.79 Å². The molecule has 0 saturated heterocycles. The molecular formula is C18H29N5O4S2. The fraction of sp³-hybridized carbons (Fsp3) is 0.667. The maximum atomic E-state index is 12.3. The van der Waals surface area contributed by atoms with Gasteiger partial charge in [-0.15, -0.1) is 10.2 Å². The van der Waals surface area contributed by atoms with Gasteiger partial charge in [0.15, 0.2) is 5.76 Å². The summed E-state index contributed by atoms with van der Waals surface area (Å²) in [6.45, 7) is 5.24. The summed E-state index contributed by atoms with van der Waals surface area (Å²) >= 11 is 1.36. The molecule has 162 valence electrons. The third-order valence-electron chi connectivity index (χ3n) is 4.34. The summed E-state index contributed by atoms with van der Waals surface area (Å²) < 4.78 is 31.9. The van der Waals surface area contributed by atoms with Gasteiger partial charge < -0.3 is 9.84 Å². The highest BCUT2D eigenvalue weighted by Crippen LogP contribution is 2.19. The van der Waals surface area contributed by atoms with Gasteiger partial charge in [0.05, 0.1) is 0 Å². The molecule has 0 bridgehead atoms. The summed E-state index contributed by atoms with van der Waals surface area (Å²) in [6, 6.07) is 0. The van der Waals surface area contributed by atoms with Crippen molar-refractivity contribution >= 4 is 32.4 Å². The van der Waals surface area contributed by atoms with Gasteiger partial charge in [-0.1, -0.05) is 55.5 Å². The normalized spacial score (nSPS) is 11.7. The van der Waals surface area contributed by atoms with Crippen molar-refractivity contribution in [2.24, 2.45) is 0 Å². The molecule has 0 aliphatic heterocycles. The molecule has 0 saturated carbocycles. The average Bonchev–Trinajstić information content (AvgIpc) is 3.24. The van der Waals surface area contributed by atoms with Crippen LogP contribution in [0.25, 0.3) is 0 Å². The van der Waals surface area contributed by atoms with Gasteiger partial charge in [-0.2, -0.15) is 0 Å². The number of aromatic nitrogens is 3. The molecule has 0 aliphatic rings. The van der Waals surface area contributed by atoms with Gasteiger partial charge in [0, 0.05) is 19.4 Å². The third kappa shape index (κ3) is 7.48. The van der Waals surface area contributed by atoms with Gasteiger partial charge >= 0.3 is 0 Å². The van der Waals surface area contributed by atoms with Crippen molar-refractivity contribution < 1.29 is 17.7 Å². The summed E-state index contributed by atoms with van der Waals surface area (Å²) in [7, 11) is -3.77. The smallest absolute Gasteiger partial charge is 0.245 e. The van der Waals surface area contributed by atoms with E-state index in [4.69, 9.17) is 4.52 Å². The predicted octanol–water partition coefficient (Wildman–Crippen LogP) is 3.35. The molecule has 0 aromatic carbocycles. The van der Waals surface area contributed by atoms with Crippen LogP contribution in [0.3, 0.4) is 0 Å². The number of nitrogens with one attached hydrogen (secondary N) is 2. The minimum absolute atomic E-state index is 0.0152. The quantitative estimate of drug-likeness (QED) is 0.454. The zero-order valence-corrected chi connectivity index (χ0v) is 18.8. The number of amides is 1. The van der Waals surface area contributed by atoms with Gasteiger partial charge in [0.2, 0.25) is 21.1 Å². The second-order valence-electron chi connectivity index (χ2n) is 6.87. The van der Waals surface area contributed by atoms with Gasteiger partial charge in [0.25, 0.3) is 0 Å². The standard InChI is InChI=1S/C18H29N5O4S2/c1-4-5-6-7-8-9-10-16-21-22-18(28-16)20-15(24)11-12-19-29(25,26)17-13(2)23-27-14(17)3/h19H,4-12H2,1-3H3,(H,20,22,24). The molecule has 9 nitrogen and oxygen atoms in total. The van der Waals surface area contributed by atoms with Crippen LogP contribution in [0.2, 0.25) is 0 Å². The second-order valence-corrected chi connectivity index (χ2v) is 9.63. The molecule has 0 fully saturated rings. The summed E-state index contributed by atoms with van der Waals surface area (Å²) in [5, 5.41) is 15.7. The zero-order chi connectivity index (χ0) is 21.3. The number of rotatable bonds is 13. The SMILES string of the molecule is CCCCCCCCc1nnc(NC(=O)CCNS(=O)(=O)c2c(C)noc2C)s1. The van der Waals surface area contributed by atoms with Crippen LogP contribution < -0.4 is 10.0 Å². The van der Waals surface area contributed by atoms with E-state index < -0.39 is 10.0 Å². The van der Waals surface area contributed by atoms with Crippen molar-refractivity contribution in [3.05, 3.63) is 16.5 Å². The number of unbranched alkanes of at least 4 members (excludes halogenated alkanes) is 5. The van der Waals surface area contributed by atoms with Gasteiger partial charge in [-0.05, 0) is 20.3 Å². The average molecular weight is 444 g/mol. The second kappa shape index (κ2) is 11.4. The largest absolute Gasteiger partial charge is 0.360 e. The fourth-order valence-electron chi connectivity index (χ4n) is 2.87. The Morgan fingerprint density at radius 2 is 1.83 bits per heavy atom. The number of aryl methyl sites for hydroxylation is 3. The van der Waals surface area contributed by atoms with Crippen LogP contribution in [0.5, 0.6) is 0 Å². The number of carbonyl (C=O) groups is 1. The molecule has 11 heteroatoms. The van der Waals surface area contributed by atoms with Crippen molar-refractivity contribution in [2.75, 3.05) is 11.9 Å². The zero-order valence-electron chi connectivity index (χ0n) is 17.2. The van der Waals surface area contributed by atoms with E-state index in [9.17, 15) is 13.2 Å². The lowest BCUT2D eigenvalue weighted by atomic mass is 10.1. The number of hydrogen-bond acceptors (Lipinski definition) is 8. The van der Waals surface area contributed by atoms with Crippen LogP contribution in [0.4, 0.5) is 5.13 Å². The monoisotopic (exact) mass is 443 g/mol. The molecule has 1 amide bonds. The molecule has 0 radical (unpaired) electrons. The molecule has 29 heavy (non-hydrogen) atoms. The first-order valence-electron chi connectivity index (χ1n) is 9.88. The van der Waals surface area contributed by atoms with Crippen LogP contribution >= 0.6 is 11.3 Å². The van der Waals surface area contributed by atoms with Crippen molar-refractivity contribution in [3.8, 4) is 0 Å². The highest BCUT2D eigenvalue weighted by atomic mass is 32.2. The van der Waals surface area contributed by atoms with Crippen molar-refractivity contribution in [1.29, 1.82) is 0 Å². The van der Waals surface area contributed by atoms with E-state index in [0.29, 0.717) is 5.13 Å². The Morgan fingerprint density at radius 1 is 1.10 bits per heavy atom. The minimum atomic E-state index is -3.77. The molecule has 0 spiro atoms. The van der Waals surface area contributed by atoms with Crippen LogP contribution in [-0.2, 0) is 21.2 Å². The maximum absolute atomic E-state index is 12.3. The Morgan fingerprint density at radius 3 is 2.52 bits per heavy atom. The Hall–Kier alpha value is -1.85. The molecule has 0 atom stereocenters. The van der Waals surface area contributed by atoms with E-state index >= 15 is 0 Å². The van der Waals surface area contributed by atoms with Crippen LogP contribution in [0, 0.1) is 13.8 Å². The highest BCUT2D eigenvalue weighted by Gasteiger charge is 2.23. The topological polar surface area (TPSA) is 127 Å². The first-order valence-corrected chi connectivity index (χ1v) is 12.2. The minimum Gasteiger partial charge on any atom is -0.360 e. The molecular weight excluding hydrogens is 414 g/mol. The molecule has 2 rings (SSSR count). The van der Waals surface area contributed by atoms with Crippen molar-refractivity contribution in [2.45, 2.75) is 77.0 Å². The van der Waals surface area contributed by atoms with E-state index in [1.165, 1.54) is 50.4 Å². The van der Waals surface area contributed by atoms with Crippen molar-refractivity contribution in [3.63, 3.8) is 0 Å². The maximum Gasteiger partial charge on any atom is 0.245 e. The lowest BCUT2D eigenvalue weighted by molar-refractivity contribution is -0.116. The molecule has 0 aliphatic carbocycles. The summed E-state index contributed by atoms with van der Waals surface area (Å²) in [4.78, 5) is 12.1. The Kier molecular flexibility index (Phi) is 9.18. The predicted molar refractivity (Wildman–Crippen MR) is 111 cm³/mol. The van der Waals surface area contributed by atoms with E-state index in [1.54, 1.807) is 6.92 Å². The number of hydrogen-bond donors (Lipinski definition) is 2. The first-order chi connectivity index (χ1) is 13.8. The number of sulfonamides is 1. The summed E-state index contributed by atoms with van der Waals surface area (Å²) in [5.41, 5.74) is 0.284. The van der Waals surface area contributed by atoms with Crippen molar-refractivity contribution in [1.82, 2.24) is 20.1 Å². The lowest BCUT2D eigenvalue weighted by Gasteiger charge is -2.05. The van der Waals surface area contributed by atoms with E-state index in [2.05, 4.69) is 32.3 Å². The molecule has 0 unspecified atom stereocenters. The van der Waals surface area contributed by atoms with Crippen LogP contribution in [0.15, 0.2) is 9.42 Å². The third-order valence-corrected chi connectivity index (χ3v) is 6.94. The Balaban J connectivity index is 1.71. The van der Waals surface area contributed by atoms with Crippen LogP contribution in [-0.4, -0.2) is 36.2 Å². The number of nitrogens with zero attached hydrogens (tertiary/aromatic N) is 3. The molecule has 2 aromatic heterocycles. The van der Waals surface area contributed by atoms with E-state index in [-0.39, 0.29) is 35.2 Å². The Bertz CT molecular complexity index is 872. The van der Waals surface area contributed by atoms with E-state index in [1.807, 2.05) is 0 Å². The summed E-state index contributed by atoms with van der Waals surface area (Å²) in [6.07, 6.45) is 8.10. The number of carbonyl (C=O) groups excluding carboxylic acids is 1. The number of anilines is 1. The molecule has 2 aromatic rings.